The summed E-state index contributed by atoms with van der Waals surface area (Å²) in [4.78, 5) is 2.02. The summed E-state index contributed by atoms with van der Waals surface area (Å²) < 4.78 is 13.1. The molecule has 98 valence electrons. The first-order chi connectivity index (χ1) is 8.58. The summed E-state index contributed by atoms with van der Waals surface area (Å²) in [5, 5.41) is 10.1. The number of benzene rings is 1. The van der Waals surface area contributed by atoms with E-state index in [1.807, 2.05) is 4.90 Å². The normalized spacial score (nSPS) is 12.4. The number of hydrogen-bond acceptors (Lipinski definition) is 2. The van der Waals surface area contributed by atoms with E-state index in [9.17, 15) is 9.50 Å². The number of rotatable bonds is 7. The number of aliphatic hydroxyl groups excluding tert-OH is 1. The van der Waals surface area contributed by atoms with Crippen LogP contribution in [0.2, 0.25) is 0 Å². The topological polar surface area (TPSA) is 23.5 Å². The maximum atomic E-state index is 13.1. The molecule has 1 atom stereocenters. The monoisotopic (exact) mass is 249 g/mol. The molecule has 0 amide bonds. The molecule has 0 aliphatic heterocycles. The third-order valence-corrected chi connectivity index (χ3v) is 2.77. The molecule has 0 spiro atoms. The molecule has 0 heterocycles. The smallest absolute Gasteiger partial charge is 0.126 e. The summed E-state index contributed by atoms with van der Waals surface area (Å²) in [5.41, 5.74) is 1.28. The maximum Gasteiger partial charge on any atom is 0.126 e. The molecule has 0 fully saturated rings. The van der Waals surface area contributed by atoms with E-state index < -0.39 is 6.10 Å². The van der Waals surface area contributed by atoms with Gasteiger partial charge in [-0.2, -0.15) is 0 Å². The maximum absolute atomic E-state index is 13.1. The fourth-order valence-corrected chi connectivity index (χ4v) is 1.81. The summed E-state index contributed by atoms with van der Waals surface area (Å²) in [7, 11) is 0. The Bertz CT molecular complexity index is 407. The Morgan fingerprint density at radius 3 is 2.44 bits per heavy atom. The minimum Gasteiger partial charge on any atom is -0.387 e. The lowest BCUT2D eigenvalue weighted by Crippen LogP contribution is -2.29. The van der Waals surface area contributed by atoms with Gasteiger partial charge in [-0.25, -0.2) is 4.39 Å². The van der Waals surface area contributed by atoms with Gasteiger partial charge in [0.1, 0.15) is 5.82 Å². The number of hydrogen-bond donors (Lipinski definition) is 1. The van der Waals surface area contributed by atoms with Gasteiger partial charge >= 0.3 is 0 Å². The average Bonchev–Trinajstić information content (AvgIpc) is 2.33. The fraction of sp³-hybridized carbons (Fsp3) is 0.333. The van der Waals surface area contributed by atoms with Crippen LogP contribution in [0.25, 0.3) is 0 Å². The molecule has 0 saturated carbocycles. The highest BCUT2D eigenvalue weighted by molar-refractivity contribution is 5.25. The zero-order valence-corrected chi connectivity index (χ0v) is 10.8. The highest BCUT2D eigenvalue weighted by Gasteiger charge is 2.12. The Kier molecular flexibility index (Phi) is 5.75. The van der Waals surface area contributed by atoms with Gasteiger partial charge in [0.15, 0.2) is 0 Å². The second-order valence-electron chi connectivity index (χ2n) is 4.32. The van der Waals surface area contributed by atoms with Crippen LogP contribution < -0.4 is 0 Å². The van der Waals surface area contributed by atoms with Gasteiger partial charge in [0, 0.05) is 19.6 Å². The minimum atomic E-state index is -0.635. The van der Waals surface area contributed by atoms with E-state index in [1.165, 1.54) is 6.07 Å². The summed E-state index contributed by atoms with van der Waals surface area (Å²) in [5.74, 6) is -0.250. The predicted molar refractivity (Wildman–Crippen MR) is 72.9 cm³/mol. The standard InChI is InChI=1S/C15H20FNO/c1-4-8-17(9-5-2)11-15(18)13-6-7-14(16)12(3)10-13/h4-7,10,15,18H,1-2,8-9,11H2,3H3. The van der Waals surface area contributed by atoms with Crippen LogP contribution in [0, 0.1) is 12.7 Å². The van der Waals surface area contributed by atoms with Crippen molar-refractivity contribution in [3.05, 3.63) is 60.5 Å². The van der Waals surface area contributed by atoms with Crippen molar-refractivity contribution in [2.75, 3.05) is 19.6 Å². The first-order valence-corrected chi connectivity index (χ1v) is 5.96. The lowest BCUT2D eigenvalue weighted by atomic mass is 10.1. The quantitative estimate of drug-likeness (QED) is 0.751. The van der Waals surface area contributed by atoms with Crippen molar-refractivity contribution in [3.8, 4) is 0 Å². The second-order valence-corrected chi connectivity index (χ2v) is 4.32. The van der Waals surface area contributed by atoms with Crippen LogP contribution in [-0.2, 0) is 0 Å². The van der Waals surface area contributed by atoms with E-state index >= 15 is 0 Å². The van der Waals surface area contributed by atoms with Crippen LogP contribution in [0.3, 0.4) is 0 Å². The molecule has 1 unspecified atom stereocenters. The van der Waals surface area contributed by atoms with Crippen molar-refractivity contribution in [2.24, 2.45) is 0 Å². The molecule has 3 heteroatoms. The molecule has 1 aromatic rings. The van der Waals surface area contributed by atoms with Crippen molar-refractivity contribution in [1.29, 1.82) is 0 Å². The van der Waals surface area contributed by atoms with Gasteiger partial charge < -0.3 is 5.11 Å². The molecule has 1 N–H and O–H groups in total. The van der Waals surface area contributed by atoms with Gasteiger partial charge in [-0.3, -0.25) is 4.90 Å². The van der Waals surface area contributed by atoms with Crippen molar-refractivity contribution in [1.82, 2.24) is 4.90 Å². The number of nitrogens with zero attached hydrogens (tertiary/aromatic N) is 1. The minimum absolute atomic E-state index is 0.250. The Morgan fingerprint density at radius 2 is 1.94 bits per heavy atom. The molecular weight excluding hydrogens is 229 g/mol. The Labute approximate surface area is 108 Å². The zero-order chi connectivity index (χ0) is 13.5. The Hall–Kier alpha value is -1.45. The first kappa shape index (κ1) is 14.6. The van der Waals surface area contributed by atoms with E-state index in [0.29, 0.717) is 25.2 Å². The van der Waals surface area contributed by atoms with E-state index in [2.05, 4.69) is 13.2 Å². The highest BCUT2D eigenvalue weighted by atomic mass is 19.1. The summed E-state index contributed by atoms with van der Waals surface area (Å²) in [6, 6.07) is 4.69. The van der Waals surface area contributed by atoms with Gasteiger partial charge in [0.2, 0.25) is 0 Å². The van der Waals surface area contributed by atoms with Crippen LogP contribution in [-0.4, -0.2) is 29.6 Å². The molecular formula is C15H20FNO. The van der Waals surface area contributed by atoms with Crippen LogP contribution in [0.4, 0.5) is 4.39 Å². The third-order valence-electron chi connectivity index (χ3n) is 2.77. The lowest BCUT2D eigenvalue weighted by Gasteiger charge is -2.22. The van der Waals surface area contributed by atoms with Gasteiger partial charge in [-0.05, 0) is 24.1 Å². The van der Waals surface area contributed by atoms with Gasteiger partial charge in [0.25, 0.3) is 0 Å². The van der Waals surface area contributed by atoms with Crippen LogP contribution >= 0.6 is 0 Å². The molecule has 18 heavy (non-hydrogen) atoms. The number of aryl methyl sites for hydroxylation is 1. The van der Waals surface area contributed by atoms with Crippen LogP contribution in [0.1, 0.15) is 17.2 Å². The fourth-order valence-electron chi connectivity index (χ4n) is 1.81. The average molecular weight is 249 g/mol. The van der Waals surface area contributed by atoms with Crippen molar-refractivity contribution in [2.45, 2.75) is 13.0 Å². The van der Waals surface area contributed by atoms with Crippen molar-refractivity contribution < 1.29 is 9.50 Å². The van der Waals surface area contributed by atoms with E-state index in [4.69, 9.17) is 0 Å². The lowest BCUT2D eigenvalue weighted by molar-refractivity contribution is 0.125. The molecule has 0 radical (unpaired) electrons. The first-order valence-electron chi connectivity index (χ1n) is 5.96. The SMILES string of the molecule is C=CCN(CC=C)CC(O)c1ccc(F)c(C)c1. The Balaban J connectivity index is 2.72. The zero-order valence-electron chi connectivity index (χ0n) is 10.8. The Morgan fingerprint density at radius 1 is 1.33 bits per heavy atom. The van der Waals surface area contributed by atoms with Crippen molar-refractivity contribution in [3.63, 3.8) is 0 Å². The third kappa shape index (κ3) is 4.09. The van der Waals surface area contributed by atoms with Crippen molar-refractivity contribution >= 4 is 0 Å². The van der Waals surface area contributed by atoms with Gasteiger partial charge in [-0.1, -0.05) is 24.3 Å². The molecule has 0 bridgehead atoms. The molecule has 0 aliphatic rings. The van der Waals surface area contributed by atoms with Crippen LogP contribution in [0.5, 0.6) is 0 Å². The van der Waals surface area contributed by atoms with E-state index in [1.54, 1.807) is 31.2 Å². The molecule has 1 rings (SSSR count). The van der Waals surface area contributed by atoms with E-state index in [-0.39, 0.29) is 5.82 Å². The summed E-state index contributed by atoms with van der Waals surface area (Å²) in [6.45, 7) is 10.9. The molecule has 1 aromatic carbocycles. The summed E-state index contributed by atoms with van der Waals surface area (Å²) in [6.07, 6.45) is 2.93. The van der Waals surface area contributed by atoms with E-state index in [0.717, 1.165) is 5.56 Å². The molecule has 2 nitrogen and oxygen atoms in total. The number of halogens is 1. The second kappa shape index (κ2) is 7.09. The van der Waals surface area contributed by atoms with Gasteiger partial charge in [-0.15, -0.1) is 13.2 Å². The highest BCUT2D eigenvalue weighted by Crippen LogP contribution is 2.17. The predicted octanol–water partition coefficient (Wildman–Crippen LogP) is 2.84. The number of aliphatic hydroxyl groups is 1. The molecule has 0 saturated heterocycles. The van der Waals surface area contributed by atoms with Gasteiger partial charge in [0.05, 0.1) is 6.10 Å². The summed E-state index contributed by atoms with van der Waals surface area (Å²) >= 11 is 0. The molecule has 0 aromatic heterocycles. The molecule has 0 aliphatic carbocycles. The van der Waals surface area contributed by atoms with Crippen LogP contribution in [0.15, 0.2) is 43.5 Å². The largest absolute Gasteiger partial charge is 0.387 e.